The van der Waals surface area contributed by atoms with Gasteiger partial charge in [-0.05, 0) is 69.7 Å². The molecule has 3 atom stereocenters. The van der Waals surface area contributed by atoms with Crippen LogP contribution in [-0.2, 0) is 49.1 Å². The molecule has 0 bridgehead atoms. The van der Waals surface area contributed by atoms with E-state index in [0.29, 0.717) is 40.9 Å². The number of nitrogens with one attached hydrogen (secondary N) is 1. The van der Waals surface area contributed by atoms with Crippen molar-refractivity contribution in [1.29, 1.82) is 0 Å². The van der Waals surface area contributed by atoms with Gasteiger partial charge < -0.3 is 24.5 Å². The average Bonchev–Trinajstić information content (AvgIpc) is 3.64. The molecule has 2 aromatic heterocycles. The van der Waals surface area contributed by atoms with Crippen LogP contribution in [0, 0.1) is 12.7 Å². The van der Waals surface area contributed by atoms with Crippen molar-refractivity contribution >= 4 is 28.9 Å². The molecule has 3 aromatic rings. The summed E-state index contributed by atoms with van der Waals surface area (Å²) < 4.78 is 27.4. The quantitative estimate of drug-likeness (QED) is 0.323. The first kappa shape index (κ1) is 30.3. The summed E-state index contributed by atoms with van der Waals surface area (Å²) in [6.07, 6.45) is 0.424. The van der Waals surface area contributed by atoms with Crippen molar-refractivity contribution < 1.29 is 38.2 Å². The van der Waals surface area contributed by atoms with Gasteiger partial charge in [-0.1, -0.05) is 6.92 Å². The van der Waals surface area contributed by atoms with Gasteiger partial charge in [0.25, 0.3) is 5.56 Å². The lowest BCUT2D eigenvalue weighted by atomic mass is 9.81. The van der Waals surface area contributed by atoms with Gasteiger partial charge in [-0.2, -0.15) is 5.06 Å². The molecule has 1 saturated heterocycles. The molecule has 5 heterocycles. The number of nitrogens with zero attached hydrogens (tertiary/aromatic N) is 3. The molecule has 2 N–H and O–H groups in total. The van der Waals surface area contributed by atoms with Gasteiger partial charge in [0, 0.05) is 29.0 Å². The summed E-state index contributed by atoms with van der Waals surface area (Å²) in [5.74, 6) is -1.67. The van der Waals surface area contributed by atoms with Gasteiger partial charge in [0.15, 0.2) is 5.60 Å². The molecule has 0 unspecified atom stereocenters. The van der Waals surface area contributed by atoms with E-state index in [0.717, 1.165) is 21.6 Å². The molecule has 3 aliphatic heterocycles. The van der Waals surface area contributed by atoms with E-state index in [1.807, 2.05) is 0 Å². The minimum absolute atomic E-state index is 0.00185. The Labute approximate surface area is 263 Å². The second kappa shape index (κ2) is 10.3. The van der Waals surface area contributed by atoms with Crippen molar-refractivity contribution in [3.8, 4) is 11.4 Å². The lowest BCUT2D eigenvalue weighted by molar-refractivity contribution is -0.172. The second-order valence-electron chi connectivity index (χ2n) is 13.4. The fourth-order valence-electron chi connectivity index (χ4n) is 7.16. The number of aryl methyl sites for hydroxylation is 1. The molecular formula is C33H35FN4O8. The van der Waals surface area contributed by atoms with E-state index in [1.54, 1.807) is 40.7 Å². The number of rotatable bonds is 3. The molecule has 46 heavy (non-hydrogen) atoms. The molecule has 13 heteroatoms. The molecule has 242 valence electrons. The topological polar surface area (TPSA) is 149 Å². The summed E-state index contributed by atoms with van der Waals surface area (Å²) in [6, 6.07) is 1.49. The highest BCUT2D eigenvalue weighted by molar-refractivity contribution is 5.94. The number of carbonyl (C=O) groups excluding carboxylic acids is 3. The highest BCUT2D eigenvalue weighted by atomic mass is 19.1. The third-order valence-electron chi connectivity index (χ3n) is 9.48. The van der Waals surface area contributed by atoms with Crippen molar-refractivity contribution in [2.75, 3.05) is 6.61 Å². The van der Waals surface area contributed by atoms with Gasteiger partial charge >= 0.3 is 12.1 Å². The van der Waals surface area contributed by atoms with Crippen LogP contribution in [0.2, 0.25) is 0 Å². The summed E-state index contributed by atoms with van der Waals surface area (Å²) in [5, 5.41) is 16.1. The number of benzene rings is 1. The number of hydrogen-bond acceptors (Lipinski definition) is 9. The van der Waals surface area contributed by atoms with Gasteiger partial charge in [0.1, 0.15) is 24.1 Å². The zero-order valence-electron chi connectivity index (χ0n) is 26.3. The summed E-state index contributed by atoms with van der Waals surface area (Å²) >= 11 is 0. The van der Waals surface area contributed by atoms with Crippen LogP contribution in [0.4, 0.5) is 9.18 Å². The predicted octanol–water partition coefficient (Wildman–Crippen LogP) is 3.57. The molecule has 7 rings (SSSR count). The van der Waals surface area contributed by atoms with Gasteiger partial charge in [-0.25, -0.2) is 19.0 Å². The standard InChI is InChI=1S/C33H35FN4O8/c1-6-33(43)19-11-24-27-17(13-37(24)29(40)18(19)14-44-30(33)41)26-21(8-7-16-15(2)20(34)12-22(35-27)25(16)26)36-28(39)23-9-10-45-38(23)31(42)46-32(3,4)5/h11-12,21,23,43H,6-10,13-14H2,1-5H3,(H,36,39)/t21-,23+,33-/m0/s1. The Balaban J connectivity index is 1.35. The lowest BCUT2D eigenvalue weighted by Gasteiger charge is -2.32. The number of cyclic esters (lactones) is 1. The molecule has 1 aromatic carbocycles. The molecule has 2 amide bonds. The van der Waals surface area contributed by atoms with E-state index in [2.05, 4.69) is 5.32 Å². The smallest absolute Gasteiger partial charge is 0.435 e. The Hall–Kier alpha value is -4.36. The second-order valence-corrected chi connectivity index (χ2v) is 13.4. The minimum Gasteiger partial charge on any atom is -0.458 e. The van der Waals surface area contributed by atoms with E-state index in [4.69, 9.17) is 19.3 Å². The Morgan fingerprint density at radius 2 is 1.96 bits per heavy atom. The first-order chi connectivity index (χ1) is 21.7. The SMILES string of the molecule is CC[C@@]1(O)C(=O)OCc2c1cc1n(c2=O)Cc2c-1nc1cc(F)c(C)c3c1c2[C@@H](NC(=O)[C@H]1CCON1C(=O)OC(C)(C)C)CC3. The number of amides is 2. The Kier molecular flexibility index (Phi) is 6.80. The first-order valence-electron chi connectivity index (χ1n) is 15.5. The van der Waals surface area contributed by atoms with Crippen molar-refractivity contribution in [2.24, 2.45) is 0 Å². The van der Waals surface area contributed by atoms with Gasteiger partial charge in [0.2, 0.25) is 5.91 Å². The molecular weight excluding hydrogens is 599 g/mol. The molecule has 0 saturated carbocycles. The van der Waals surface area contributed by atoms with Crippen LogP contribution in [-0.4, -0.2) is 55.9 Å². The molecule has 0 radical (unpaired) electrons. The number of carbonyl (C=O) groups is 3. The number of ether oxygens (including phenoxy) is 2. The number of esters is 1. The van der Waals surface area contributed by atoms with Crippen LogP contribution < -0.4 is 10.9 Å². The van der Waals surface area contributed by atoms with Crippen LogP contribution in [0.25, 0.3) is 22.3 Å². The van der Waals surface area contributed by atoms with Gasteiger partial charge in [0.05, 0.1) is 41.7 Å². The number of fused-ring (bicyclic) bond motifs is 5. The summed E-state index contributed by atoms with van der Waals surface area (Å²) in [4.78, 5) is 63.4. The summed E-state index contributed by atoms with van der Waals surface area (Å²) in [6.45, 7) is 8.53. The summed E-state index contributed by atoms with van der Waals surface area (Å²) in [7, 11) is 0. The number of halogens is 1. The van der Waals surface area contributed by atoms with E-state index in [9.17, 15) is 24.3 Å². The number of hydroxylamine groups is 2. The van der Waals surface area contributed by atoms with Crippen molar-refractivity contribution in [1.82, 2.24) is 19.9 Å². The van der Waals surface area contributed by atoms with Crippen molar-refractivity contribution in [2.45, 2.75) is 96.7 Å². The average molecular weight is 635 g/mol. The predicted molar refractivity (Wildman–Crippen MR) is 161 cm³/mol. The maximum Gasteiger partial charge on any atom is 0.435 e. The number of pyridine rings is 2. The fourth-order valence-corrected chi connectivity index (χ4v) is 7.16. The van der Waals surface area contributed by atoms with Crippen LogP contribution in [0.5, 0.6) is 0 Å². The fraction of sp³-hybridized carbons (Fsp3) is 0.485. The molecule has 1 aliphatic carbocycles. The van der Waals surface area contributed by atoms with Crippen LogP contribution in [0.1, 0.15) is 86.4 Å². The monoisotopic (exact) mass is 634 g/mol. The third kappa shape index (κ3) is 4.43. The number of aliphatic hydroxyl groups is 1. The van der Waals surface area contributed by atoms with E-state index in [1.165, 1.54) is 10.6 Å². The first-order valence-corrected chi connectivity index (χ1v) is 15.5. The highest BCUT2D eigenvalue weighted by Crippen LogP contribution is 2.46. The highest BCUT2D eigenvalue weighted by Gasteiger charge is 2.46. The molecule has 4 aliphatic rings. The van der Waals surface area contributed by atoms with Crippen molar-refractivity contribution in [3.05, 3.63) is 61.7 Å². The molecule has 0 spiro atoms. The maximum atomic E-state index is 15.2. The molecule has 1 fully saturated rings. The minimum atomic E-state index is -1.99. The van der Waals surface area contributed by atoms with E-state index >= 15 is 4.39 Å². The van der Waals surface area contributed by atoms with Gasteiger partial charge in [-0.3, -0.25) is 14.4 Å². The third-order valence-corrected chi connectivity index (χ3v) is 9.48. The number of aromatic nitrogens is 2. The Morgan fingerprint density at radius 3 is 2.67 bits per heavy atom. The normalized spacial score (nSPS) is 23.1. The zero-order chi connectivity index (χ0) is 32.9. The molecule has 12 nitrogen and oxygen atoms in total. The van der Waals surface area contributed by atoms with Crippen LogP contribution in [0.15, 0.2) is 16.9 Å². The van der Waals surface area contributed by atoms with Gasteiger partial charge in [-0.15, -0.1) is 0 Å². The Morgan fingerprint density at radius 1 is 1.20 bits per heavy atom. The summed E-state index contributed by atoms with van der Waals surface area (Å²) in [5.41, 5.74) is 1.02. The zero-order valence-corrected chi connectivity index (χ0v) is 26.3. The van der Waals surface area contributed by atoms with Crippen molar-refractivity contribution in [3.63, 3.8) is 0 Å². The Bertz CT molecular complexity index is 1930. The van der Waals surface area contributed by atoms with Crippen LogP contribution >= 0.6 is 0 Å². The van der Waals surface area contributed by atoms with E-state index < -0.39 is 52.6 Å². The lowest BCUT2D eigenvalue weighted by Crippen LogP contribution is -2.48. The van der Waals surface area contributed by atoms with Crippen LogP contribution in [0.3, 0.4) is 0 Å². The van der Waals surface area contributed by atoms with E-state index in [-0.39, 0.29) is 43.7 Å². The number of hydrogen-bond donors (Lipinski definition) is 2. The maximum absolute atomic E-state index is 15.2. The largest absolute Gasteiger partial charge is 0.458 e.